The molecular weight excluding hydrogens is 214 g/mol. The van der Waals surface area contributed by atoms with Crippen molar-refractivity contribution in [2.45, 2.75) is 32.4 Å². The van der Waals surface area contributed by atoms with Gasteiger partial charge in [-0.25, -0.2) is 0 Å². The summed E-state index contributed by atoms with van der Waals surface area (Å²) in [4.78, 5) is 6.72. The van der Waals surface area contributed by atoms with E-state index in [1.807, 2.05) is 13.0 Å². The van der Waals surface area contributed by atoms with Crippen LogP contribution in [0, 0.1) is 6.92 Å². The summed E-state index contributed by atoms with van der Waals surface area (Å²) in [5.74, 6) is 0.280. The number of aromatic hydroxyl groups is 1. The van der Waals surface area contributed by atoms with Crippen LogP contribution in [0.5, 0.6) is 5.75 Å². The second-order valence-corrected chi connectivity index (χ2v) is 4.83. The maximum atomic E-state index is 9.67. The van der Waals surface area contributed by atoms with Gasteiger partial charge in [-0.15, -0.1) is 0 Å². The Morgan fingerprint density at radius 2 is 2.35 bits per heavy atom. The van der Waals surface area contributed by atoms with E-state index >= 15 is 0 Å². The van der Waals surface area contributed by atoms with E-state index in [9.17, 15) is 5.11 Å². The monoisotopic (exact) mass is 235 g/mol. The molecule has 0 radical (unpaired) electrons. The molecule has 0 aromatic carbocycles. The molecule has 1 aromatic rings. The first-order chi connectivity index (χ1) is 8.16. The molecule has 0 bridgehead atoms. The molecule has 0 spiro atoms. The molecule has 17 heavy (non-hydrogen) atoms. The van der Waals surface area contributed by atoms with Crippen LogP contribution in [-0.4, -0.2) is 41.2 Å². The zero-order valence-electron chi connectivity index (χ0n) is 10.6. The number of aromatic nitrogens is 1. The lowest BCUT2D eigenvalue weighted by atomic mass is 10.2. The van der Waals surface area contributed by atoms with E-state index in [2.05, 4.69) is 22.2 Å². The Labute approximate surface area is 103 Å². The van der Waals surface area contributed by atoms with Crippen molar-refractivity contribution >= 4 is 0 Å². The number of hydrogen-bond acceptors (Lipinski definition) is 4. The molecule has 1 saturated heterocycles. The summed E-state index contributed by atoms with van der Waals surface area (Å²) in [6.07, 6.45) is 2.55. The van der Waals surface area contributed by atoms with Crippen LogP contribution in [-0.2, 0) is 6.54 Å². The van der Waals surface area contributed by atoms with Crippen molar-refractivity contribution in [2.24, 2.45) is 0 Å². The van der Waals surface area contributed by atoms with Gasteiger partial charge in [0.25, 0.3) is 0 Å². The number of rotatable bonds is 4. The fraction of sp³-hybridized carbons (Fsp3) is 0.615. The molecule has 1 atom stereocenters. The van der Waals surface area contributed by atoms with E-state index in [4.69, 9.17) is 0 Å². The minimum atomic E-state index is 0.280. The van der Waals surface area contributed by atoms with Crippen LogP contribution in [0.25, 0.3) is 0 Å². The van der Waals surface area contributed by atoms with E-state index in [0.29, 0.717) is 12.6 Å². The largest absolute Gasteiger partial charge is 0.506 e. The molecule has 0 saturated carbocycles. The highest BCUT2D eigenvalue weighted by molar-refractivity contribution is 5.27. The lowest BCUT2D eigenvalue weighted by molar-refractivity contribution is 0.299. The number of aryl methyl sites for hydroxylation is 1. The van der Waals surface area contributed by atoms with Crippen LogP contribution in [0.2, 0.25) is 0 Å². The number of likely N-dealkylation sites (N-methyl/N-ethyl adjacent to an activating group) is 1. The smallest absolute Gasteiger partial charge is 0.138 e. The van der Waals surface area contributed by atoms with Gasteiger partial charge in [-0.1, -0.05) is 0 Å². The molecule has 94 valence electrons. The second-order valence-electron chi connectivity index (χ2n) is 4.83. The molecule has 1 aromatic heterocycles. The van der Waals surface area contributed by atoms with Gasteiger partial charge in [0.05, 0.1) is 5.69 Å². The fourth-order valence-corrected chi connectivity index (χ4v) is 2.33. The van der Waals surface area contributed by atoms with Gasteiger partial charge in [-0.3, -0.25) is 4.98 Å². The van der Waals surface area contributed by atoms with E-state index in [1.165, 1.54) is 19.4 Å². The Bertz CT molecular complexity index is 381. The molecule has 1 aliphatic rings. The summed E-state index contributed by atoms with van der Waals surface area (Å²) in [7, 11) is 2.17. The lowest BCUT2D eigenvalue weighted by Gasteiger charge is -2.19. The topological polar surface area (TPSA) is 48.4 Å². The average Bonchev–Trinajstić information content (AvgIpc) is 2.70. The Morgan fingerprint density at radius 3 is 3.06 bits per heavy atom. The summed E-state index contributed by atoms with van der Waals surface area (Å²) in [6, 6.07) is 4.16. The van der Waals surface area contributed by atoms with Gasteiger partial charge in [0, 0.05) is 24.8 Å². The lowest BCUT2D eigenvalue weighted by Crippen LogP contribution is -2.35. The Hall–Kier alpha value is -1.13. The third-order valence-corrected chi connectivity index (χ3v) is 3.43. The first-order valence-electron chi connectivity index (χ1n) is 6.23. The molecule has 1 fully saturated rings. The molecular formula is C13H21N3O. The van der Waals surface area contributed by atoms with Crippen molar-refractivity contribution in [3.63, 3.8) is 0 Å². The Kier molecular flexibility index (Phi) is 3.97. The molecule has 1 aliphatic heterocycles. The van der Waals surface area contributed by atoms with Crippen molar-refractivity contribution in [1.82, 2.24) is 15.2 Å². The molecule has 0 unspecified atom stereocenters. The van der Waals surface area contributed by atoms with Gasteiger partial charge < -0.3 is 15.3 Å². The number of nitrogens with zero attached hydrogens (tertiary/aromatic N) is 2. The minimum absolute atomic E-state index is 0.280. The van der Waals surface area contributed by atoms with Crippen molar-refractivity contribution in [3.8, 4) is 5.75 Å². The van der Waals surface area contributed by atoms with Crippen LogP contribution in [0.4, 0.5) is 0 Å². The molecule has 4 heteroatoms. The molecule has 4 nitrogen and oxygen atoms in total. The van der Waals surface area contributed by atoms with Gasteiger partial charge in [0.1, 0.15) is 5.75 Å². The summed E-state index contributed by atoms with van der Waals surface area (Å²) < 4.78 is 0. The van der Waals surface area contributed by atoms with E-state index < -0.39 is 0 Å². The van der Waals surface area contributed by atoms with Crippen molar-refractivity contribution in [3.05, 3.63) is 23.5 Å². The van der Waals surface area contributed by atoms with Gasteiger partial charge in [0.15, 0.2) is 0 Å². The van der Waals surface area contributed by atoms with E-state index in [0.717, 1.165) is 17.9 Å². The maximum Gasteiger partial charge on any atom is 0.138 e. The highest BCUT2D eigenvalue weighted by Crippen LogP contribution is 2.16. The second kappa shape index (κ2) is 5.47. The van der Waals surface area contributed by atoms with E-state index in [1.54, 1.807) is 6.07 Å². The highest BCUT2D eigenvalue weighted by Gasteiger charge is 2.20. The quantitative estimate of drug-likeness (QED) is 0.825. The minimum Gasteiger partial charge on any atom is -0.506 e. The van der Waals surface area contributed by atoms with Gasteiger partial charge >= 0.3 is 0 Å². The third kappa shape index (κ3) is 3.17. The van der Waals surface area contributed by atoms with Crippen LogP contribution < -0.4 is 5.32 Å². The van der Waals surface area contributed by atoms with Gasteiger partial charge in [-0.2, -0.15) is 0 Å². The SMILES string of the molecule is Cc1ccc(O)c(CNC[C@H]2CCCN2C)n1. The molecule has 0 aliphatic carbocycles. The average molecular weight is 235 g/mol. The van der Waals surface area contributed by atoms with Crippen molar-refractivity contribution in [1.29, 1.82) is 0 Å². The van der Waals surface area contributed by atoms with Crippen LogP contribution in [0.1, 0.15) is 24.2 Å². The van der Waals surface area contributed by atoms with Crippen molar-refractivity contribution < 1.29 is 5.11 Å². The molecule has 0 amide bonds. The molecule has 2 rings (SSSR count). The van der Waals surface area contributed by atoms with Crippen LogP contribution in [0.3, 0.4) is 0 Å². The predicted octanol–water partition coefficient (Wildman–Crippen LogP) is 1.28. The maximum absolute atomic E-state index is 9.67. The summed E-state index contributed by atoms with van der Waals surface area (Å²) in [6.45, 7) is 4.73. The number of likely N-dealkylation sites (tertiary alicyclic amines) is 1. The van der Waals surface area contributed by atoms with E-state index in [-0.39, 0.29) is 5.75 Å². The van der Waals surface area contributed by atoms with Gasteiger partial charge in [-0.05, 0) is 45.5 Å². The zero-order valence-corrected chi connectivity index (χ0v) is 10.6. The van der Waals surface area contributed by atoms with Crippen LogP contribution >= 0.6 is 0 Å². The fourth-order valence-electron chi connectivity index (χ4n) is 2.33. The zero-order chi connectivity index (χ0) is 12.3. The Morgan fingerprint density at radius 1 is 1.53 bits per heavy atom. The number of nitrogens with one attached hydrogen (secondary N) is 1. The first-order valence-corrected chi connectivity index (χ1v) is 6.23. The summed E-state index contributed by atoms with van der Waals surface area (Å²) in [5, 5.41) is 13.0. The van der Waals surface area contributed by atoms with Gasteiger partial charge in [0.2, 0.25) is 0 Å². The number of pyridine rings is 1. The highest BCUT2D eigenvalue weighted by atomic mass is 16.3. The molecule has 2 heterocycles. The summed E-state index contributed by atoms with van der Waals surface area (Å²) in [5.41, 5.74) is 1.68. The van der Waals surface area contributed by atoms with Crippen LogP contribution in [0.15, 0.2) is 12.1 Å². The summed E-state index contributed by atoms with van der Waals surface area (Å²) >= 11 is 0. The standard InChI is InChI=1S/C13H21N3O/c1-10-5-6-13(17)12(15-10)9-14-8-11-4-3-7-16(11)2/h5-6,11,14,17H,3-4,7-9H2,1-2H3/t11-/m1/s1. The predicted molar refractivity (Wildman–Crippen MR) is 68.0 cm³/mol. The number of hydrogen-bond donors (Lipinski definition) is 2. The normalized spacial score (nSPS) is 20.9. The molecule has 2 N–H and O–H groups in total. The Balaban J connectivity index is 1.83. The first kappa shape index (κ1) is 12.3. The van der Waals surface area contributed by atoms with Crippen molar-refractivity contribution in [2.75, 3.05) is 20.1 Å². The third-order valence-electron chi connectivity index (χ3n) is 3.43.